The highest BCUT2D eigenvalue weighted by Gasteiger charge is 2.15. The molecule has 0 spiro atoms. The average Bonchev–Trinajstić information content (AvgIpc) is 2.75. The van der Waals surface area contributed by atoms with Crippen molar-refractivity contribution in [2.75, 3.05) is 0 Å². The van der Waals surface area contributed by atoms with Crippen molar-refractivity contribution in [3.8, 4) is 11.8 Å². The SMILES string of the molecule is N#Cc1ccc(-n2cc(Cl)cn2)cc1[N+](=O)[O-]. The normalized spacial score (nSPS) is 9.88. The Labute approximate surface area is 101 Å². The van der Waals surface area contributed by atoms with Crippen LogP contribution in [0, 0.1) is 21.4 Å². The molecule has 0 saturated heterocycles. The summed E-state index contributed by atoms with van der Waals surface area (Å²) < 4.78 is 1.40. The van der Waals surface area contributed by atoms with Gasteiger partial charge in [0.15, 0.2) is 0 Å². The van der Waals surface area contributed by atoms with Gasteiger partial charge in [-0.3, -0.25) is 10.1 Å². The van der Waals surface area contributed by atoms with Crippen molar-refractivity contribution in [2.45, 2.75) is 0 Å². The van der Waals surface area contributed by atoms with Gasteiger partial charge in [0.1, 0.15) is 11.6 Å². The maximum atomic E-state index is 10.8. The number of benzene rings is 1. The van der Waals surface area contributed by atoms with Crippen LogP contribution in [0.15, 0.2) is 30.6 Å². The molecule has 1 heterocycles. The van der Waals surface area contributed by atoms with Crippen LogP contribution in [0.2, 0.25) is 5.02 Å². The molecule has 0 aliphatic heterocycles. The first-order chi connectivity index (χ1) is 8.11. The highest BCUT2D eigenvalue weighted by atomic mass is 35.5. The van der Waals surface area contributed by atoms with Gasteiger partial charge in [0.2, 0.25) is 0 Å². The van der Waals surface area contributed by atoms with Crippen LogP contribution in [-0.2, 0) is 0 Å². The van der Waals surface area contributed by atoms with E-state index in [-0.39, 0.29) is 11.3 Å². The van der Waals surface area contributed by atoms with Gasteiger partial charge < -0.3 is 0 Å². The zero-order chi connectivity index (χ0) is 12.4. The Bertz CT molecular complexity index is 629. The summed E-state index contributed by atoms with van der Waals surface area (Å²) in [6, 6.07) is 5.99. The van der Waals surface area contributed by atoms with Gasteiger partial charge in [-0.1, -0.05) is 11.6 Å². The third kappa shape index (κ3) is 2.09. The Morgan fingerprint density at radius 1 is 1.53 bits per heavy atom. The molecular weight excluding hydrogens is 244 g/mol. The Kier molecular flexibility index (Phi) is 2.77. The van der Waals surface area contributed by atoms with E-state index in [1.54, 1.807) is 12.1 Å². The molecule has 7 heteroatoms. The lowest BCUT2D eigenvalue weighted by atomic mass is 10.2. The number of nitro groups is 1. The molecule has 1 aromatic carbocycles. The van der Waals surface area contributed by atoms with Crippen LogP contribution in [0.1, 0.15) is 5.56 Å². The first kappa shape index (κ1) is 11.1. The quantitative estimate of drug-likeness (QED) is 0.603. The van der Waals surface area contributed by atoms with Crippen molar-refractivity contribution in [3.05, 3.63) is 51.3 Å². The molecule has 6 nitrogen and oxygen atoms in total. The number of aromatic nitrogens is 2. The Hall–Kier alpha value is -2.39. The van der Waals surface area contributed by atoms with Gasteiger partial charge >= 0.3 is 0 Å². The van der Waals surface area contributed by atoms with Gasteiger partial charge in [0.25, 0.3) is 5.69 Å². The monoisotopic (exact) mass is 248 g/mol. The minimum Gasteiger partial charge on any atom is -0.258 e. The summed E-state index contributed by atoms with van der Waals surface area (Å²) in [7, 11) is 0. The minimum atomic E-state index is -0.604. The van der Waals surface area contributed by atoms with Crippen molar-refractivity contribution in [3.63, 3.8) is 0 Å². The smallest absolute Gasteiger partial charge is 0.258 e. The van der Waals surface area contributed by atoms with Crippen LogP contribution in [0.25, 0.3) is 5.69 Å². The fraction of sp³-hybridized carbons (Fsp3) is 0. The molecule has 0 aliphatic carbocycles. The molecule has 0 atom stereocenters. The van der Waals surface area contributed by atoms with Gasteiger partial charge in [0.05, 0.1) is 21.8 Å². The van der Waals surface area contributed by atoms with Crippen LogP contribution < -0.4 is 0 Å². The van der Waals surface area contributed by atoms with Gasteiger partial charge in [0, 0.05) is 12.3 Å². The zero-order valence-corrected chi connectivity index (χ0v) is 9.13. The lowest BCUT2D eigenvalue weighted by Crippen LogP contribution is -1.98. The number of hydrogen-bond acceptors (Lipinski definition) is 4. The van der Waals surface area contributed by atoms with Crippen LogP contribution in [0.4, 0.5) is 5.69 Å². The van der Waals surface area contributed by atoms with Crippen molar-refractivity contribution in [1.82, 2.24) is 9.78 Å². The molecule has 2 rings (SSSR count). The number of hydrogen-bond donors (Lipinski definition) is 0. The number of nitriles is 1. The van der Waals surface area contributed by atoms with E-state index in [4.69, 9.17) is 16.9 Å². The van der Waals surface area contributed by atoms with Gasteiger partial charge in [-0.2, -0.15) is 10.4 Å². The van der Waals surface area contributed by atoms with E-state index < -0.39 is 4.92 Å². The predicted octanol–water partition coefficient (Wildman–Crippen LogP) is 2.31. The molecule has 17 heavy (non-hydrogen) atoms. The fourth-order valence-corrected chi connectivity index (χ4v) is 1.49. The van der Waals surface area contributed by atoms with Crippen LogP contribution in [-0.4, -0.2) is 14.7 Å². The Morgan fingerprint density at radius 2 is 2.29 bits per heavy atom. The third-order valence-electron chi connectivity index (χ3n) is 2.11. The van der Waals surface area contributed by atoms with Crippen molar-refractivity contribution >= 4 is 17.3 Å². The van der Waals surface area contributed by atoms with Gasteiger partial charge in [-0.05, 0) is 12.1 Å². The molecule has 0 unspecified atom stereocenters. The van der Waals surface area contributed by atoms with Crippen LogP contribution in [0.3, 0.4) is 0 Å². The van der Waals surface area contributed by atoms with Crippen LogP contribution in [0.5, 0.6) is 0 Å². The predicted molar refractivity (Wildman–Crippen MR) is 59.9 cm³/mol. The Morgan fingerprint density at radius 3 is 2.82 bits per heavy atom. The second-order valence-corrected chi connectivity index (χ2v) is 3.61. The summed E-state index contributed by atoms with van der Waals surface area (Å²) in [6.07, 6.45) is 2.94. The molecule has 0 saturated carbocycles. The largest absolute Gasteiger partial charge is 0.289 e. The molecule has 0 N–H and O–H groups in total. The van der Waals surface area contributed by atoms with Crippen molar-refractivity contribution < 1.29 is 4.92 Å². The Balaban J connectivity index is 2.55. The van der Waals surface area contributed by atoms with Gasteiger partial charge in [-0.25, -0.2) is 4.68 Å². The molecule has 0 bridgehead atoms. The summed E-state index contributed by atoms with van der Waals surface area (Å²) in [5, 5.41) is 23.9. The molecule has 0 aliphatic rings. The number of nitrogens with zero attached hydrogens (tertiary/aromatic N) is 4. The third-order valence-corrected chi connectivity index (χ3v) is 2.31. The molecule has 0 radical (unpaired) electrons. The maximum absolute atomic E-state index is 10.8. The maximum Gasteiger partial charge on any atom is 0.289 e. The summed E-state index contributed by atoms with van der Waals surface area (Å²) in [6.45, 7) is 0. The molecule has 0 fully saturated rings. The second-order valence-electron chi connectivity index (χ2n) is 3.17. The summed E-state index contributed by atoms with van der Waals surface area (Å²) in [4.78, 5) is 10.2. The zero-order valence-electron chi connectivity index (χ0n) is 8.37. The lowest BCUT2D eigenvalue weighted by molar-refractivity contribution is -0.385. The molecule has 84 valence electrons. The first-order valence-electron chi connectivity index (χ1n) is 4.51. The standard InChI is InChI=1S/C10H5ClN4O2/c11-8-5-13-14(6-8)9-2-1-7(4-12)10(3-9)15(16)17/h1-3,5-6H. The summed E-state index contributed by atoms with van der Waals surface area (Å²) in [5.74, 6) is 0. The average molecular weight is 249 g/mol. The van der Waals surface area contributed by atoms with E-state index in [9.17, 15) is 10.1 Å². The first-order valence-corrected chi connectivity index (χ1v) is 4.88. The topological polar surface area (TPSA) is 84.8 Å². The molecule has 1 aromatic heterocycles. The van der Waals surface area contributed by atoms with Gasteiger partial charge in [-0.15, -0.1) is 0 Å². The number of nitro benzene ring substituents is 1. The summed E-state index contributed by atoms with van der Waals surface area (Å²) >= 11 is 5.70. The highest BCUT2D eigenvalue weighted by Crippen LogP contribution is 2.22. The lowest BCUT2D eigenvalue weighted by Gasteiger charge is -2.01. The van der Waals surface area contributed by atoms with E-state index in [0.717, 1.165) is 0 Å². The van der Waals surface area contributed by atoms with E-state index in [0.29, 0.717) is 10.7 Å². The molecule has 2 aromatic rings. The second kappa shape index (κ2) is 4.23. The van der Waals surface area contributed by atoms with E-state index in [1.165, 1.54) is 29.2 Å². The van der Waals surface area contributed by atoms with Crippen molar-refractivity contribution in [1.29, 1.82) is 5.26 Å². The van der Waals surface area contributed by atoms with E-state index >= 15 is 0 Å². The van der Waals surface area contributed by atoms with Crippen LogP contribution >= 0.6 is 11.6 Å². The fourth-order valence-electron chi connectivity index (χ4n) is 1.35. The van der Waals surface area contributed by atoms with E-state index in [1.807, 2.05) is 0 Å². The number of halogens is 1. The molecular formula is C10H5ClN4O2. The number of rotatable bonds is 2. The minimum absolute atomic E-state index is 0.0111. The van der Waals surface area contributed by atoms with E-state index in [2.05, 4.69) is 5.10 Å². The summed E-state index contributed by atoms with van der Waals surface area (Å²) in [5.41, 5.74) is 0.233. The van der Waals surface area contributed by atoms with Crippen molar-refractivity contribution in [2.24, 2.45) is 0 Å². The highest BCUT2D eigenvalue weighted by molar-refractivity contribution is 6.30. The molecule has 0 amide bonds.